The lowest BCUT2D eigenvalue weighted by atomic mass is 10.2. The van der Waals surface area contributed by atoms with Crippen molar-refractivity contribution in [2.45, 2.75) is 26.9 Å². The molecule has 0 aliphatic carbocycles. The van der Waals surface area contributed by atoms with Crippen LogP contribution in [0.4, 0.5) is 0 Å². The van der Waals surface area contributed by atoms with Gasteiger partial charge in [0, 0.05) is 19.3 Å². The van der Waals surface area contributed by atoms with E-state index in [4.69, 9.17) is 0 Å². The van der Waals surface area contributed by atoms with Crippen molar-refractivity contribution in [1.82, 2.24) is 14.9 Å². The predicted molar refractivity (Wildman–Crippen MR) is 71.6 cm³/mol. The minimum Gasteiger partial charge on any atom is -0.508 e. The van der Waals surface area contributed by atoms with Gasteiger partial charge in [-0.1, -0.05) is 19.1 Å². The Morgan fingerprint density at radius 1 is 1.39 bits per heavy atom. The maximum atomic E-state index is 9.48. The highest BCUT2D eigenvalue weighted by Crippen LogP contribution is 2.14. The molecular formula is C14H19N3O. The molecule has 2 N–H and O–H groups in total. The van der Waals surface area contributed by atoms with E-state index in [1.165, 1.54) is 0 Å². The highest BCUT2D eigenvalue weighted by atomic mass is 16.3. The number of aromatic nitrogens is 2. The lowest BCUT2D eigenvalue weighted by molar-refractivity contribution is 0.474. The van der Waals surface area contributed by atoms with Gasteiger partial charge >= 0.3 is 0 Å². The van der Waals surface area contributed by atoms with E-state index in [0.717, 1.165) is 36.7 Å². The molecule has 2 rings (SSSR count). The predicted octanol–water partition coefficient (Wildman–Crippen LogP) is 2.05. The zero-order valence-corrected chi connectivity index (χ0v) is 10.8. The van der Waals surface area contributed by atoms with E-state index >= 15 is 0 Å². The van der Waals surface area contributed by atoms with Gasteiger partial charge in [0.05, 0.1) is 5.69 Å². The Bertz CT molecular complexity index is 520. The molecule has 18 heavy (non-hydrogen) atoms. The third-order valence-corrected chi connectivity index (χ3v) is 2.95. The summed E-state index contributed by atoms with van der Waals surface area (Å²) in [6, 6.07) is 7.34. The number of aromatic hydroxyl groups is 1. The van der Waals surface area contributed by atoms with Crippen LogP contribution in [-0.4, -0.2) is 21.2 Å². The van der Waals surface area contributed by atoms with Crippen LogP contribution in [0.1, 0.15) is 24.0 Å². The molecule has 0 aliphatic rings. The minimum atomic E-state index is 0.304. The van der Waals surface area contributed by atoms with Crippen molar-refractivity contribution < 1.29 is 5.11 Å². The second kappa shape index (κ2) is 5.69. The molecule has 0 aliphatic heterocycles. The number of hydrogen-bond acceptors (Lipinski definition) is 3. The summed E-state index contributed by atoms with van der Waals surface area (Å²) in [7, 11) is 0. The minimum absolute atomic E-state index is 0.304. The van der Waals surface area contributed by atoms with Crippen molar-refractivity contribution in [3.05, 3.63) is 47.5 Å². The third kappa shape index (κ3) is 2.90. The molecule has 0 saturated heterocycles. The highest BCUT2D eigenvalue weighted by Gasteiger charge is 2.07. The van der Waals surface area contributed by atoms with Gasteiger partial charge < -0.3 is 15.0 Å². The van der Waals surface area contributed by atoms with E-state index in [1.54, 1.807) is 12.1 Å². The summed E-state index contributed by atoms with van der Waals surface area (Å²) in [5.74, 6) is 1.30. The first-order valence-corrected chi connectivity index (χ1v) is 6.20. The lowest BCUT2D eigenvalue weighted by Gasteiger charge is -2.11. The number of imidazole rings is 1. The number of nitrogens with one attached hydrogen (secondary N) is 1. The van der Waals surface area contributed by atoms with Gasteiger partial charge in [0.15, 0.2) is 0 Å². The molecule has 0 amide bonds. The van der Waals surface area contributed by atoms with Gasteiger partial charge in [-0.15, -0.1) is 0 Å². The fraction of sp³-hybridized carbons (Fsp3) is 0.357. The molecule has 1 heterocycles. The quantitative estimate of drug-likeness (QED) is 0.847. The van der Waals surface area contributed by atoms with Gasteiger partial charge in [-0.25, -0.2) is 4.98 Å². The Morgan fingerprint density at radius 2 is 2.22 bits per heavy atom. The van der Waals surface area contributed by atoms with Crippen LogP contribution in [0.5, 0.6) is 5.75 Å². The highest BCUT2D eigenvalue weighted by molar-refractivity contribution is 5.27. The van der Waals surface area contributed by atoms with E-state index in [2.05, 4.69) is 21.8 Å². The molecule has 2 aromatic rings. The number of hydrogen-bond donors (Lipinski definition) is 2. The van der Waals surface area contributed by atoms with E-state index in [-0.39, 0.29) is 0 Å². The molecule has 0 atom stereocenters. The summed E-state index contributed by atoms with van der Waals surface area (Å²) in [4.78, 5) is 4.35. The van der Waals surface area contributed by atoms with Crippen molar-refractivity contribution >= 4 is 0 Å². The van der Waals surface area contributed by atoms with E-state index < -0.39 is 0 Å². The van der Waals surface area contributed by atoms with Crippen molar-refractivity contribution in [2.75, 3.05) is 6.54 Å². The first-order chi connectivity index (χ1) is 8.70. The molecule has 0 bridgehead atoms. The summed E-state index contributed by atoms with van der Waals surface area (Å²) in [5, 5.41) is 12.8. The van der Waals surface area contributed by atoms with Crippen LogP contribution in [0.2, 0.25) is 0 Å². The van der Waals surface area contributed by atoms with Gasteiger partial charge in [0.1, 0.15) is 11.6 Å². The molecule has 96 valence electrons. The first-order valence-electron chi connectivity index (χ1n) is 6.20. The maximum Gasteiger partial charge on any atom is 0.115 e. The zero-order chi connectivity index (χ0) is 13.0. The Morgan fingerprint density at radius 3 is 2.94 bits per heavy atom. The molecule has 1 aromatic heterocycles. The van der Waals surface area contributed by atoms with Crippen LogP contribution in [0.25, 0.3) is 0 Å². The Balaban J connectivity index is 2.20. The Labute approximate surface area is 107 Å². The van der Waals surface area contributed by atoms with Crippen molar-refractivity contribution in [3.8, 4) is 5.75 Å². The Hall–Kier alpha value is -1.81. The van der Waals surface area contributed by atoms with Gasteiger partial charge in [-0.3, -0.25) is 0 Å². The topological polar surface area (TPSA) is 50.1 Å². The van der Waals surface area contributed by atoms with Crippen LogP contribution in [-0.2, 0) is 13.1 Å². The fourth-order valence-electron chi connectivity index (χ4n) is 1.96. The van der Waals surface area contributed by atoms with Crippen LogP contribution in [0, 0.1) is 6.92 Å². The number of phenols is 1. The number of aryl methyl sites for hydroxylation is 1. The molecule has 0 unspecified atom stereocenters. The summed E-state index contributed by atoms with van der Waals surface area (Å²) in [6.45, 7) is 6.58. The monoisotopic (exact) mass is 245 g/mol. The average molecular weight is 245 g/mol. The smallest absolute Gasteiger partial charge is 0.115 e. The molecule has 0 saturated carbocycles. The number of phenolic OH excluding ortho intramolecular Hbond substituents is 1. The van der Waals surface area contributed by atoms with Crippen LogP contribution in [0.15, 0.2) is 30.5 Å². The normalized spacial score (nSPS) is 10.8. The van der Waals surface area contributed by atoms with Gasteiger partial charge in [0.2, 0.25) is 0 Å². The second-order valence-electron chi connectivity index (χ2n) is 4.33. The lowest BCUT2D eigenvalue weighted by Crippen LogP contribution is -2.16. The van der Waals surface area contributed by atoms with Crippen molar-refractivity contribution in [2.24, 2.45) is 0 Å². The van der Waals surface area contributed by atoms with E-state index in [1.807, 2.05) is 25.3 Å². The number of nitrogens with zero attached hydrogens (tertiary/aromatic N) is 2. The zero-order valence-electron chi connectivity index (χ0n) is 10.8. The van der Waals surface area contributed by atoms with Crippen LogP contribution >= 0.6 is 0 Å². The summed E-state index contributed by atoms with van der Waals surface area (Å²) < 4.78 is 2.16. The third-order valence-electron chi connectivity index (χ3n) is 2.95. The molecule has 4 heteroatoms. The van der Waals surface area contributed by atoms with Gasteiger partial charge in [-0.2, -0.15) is 0 Å². The van der Waals surface area contributed by atoms with Gasteiger partial charge in [-0.05, 0) is 31.2 Å². The Kier molecular flexibility index (Phi) is 3.99. The molecule has 1 aromatic carbocycles. The average Bonchev–Trinajstić information content (AvgIpc) is 2.69. The van der Waals surface area contributed by atoms with Crippen molar-refractivity contribution in [3.63, 3.8) is 0 Å². The summed E-state index contributed by atoms with van der Waals surface area (Å²) >= 11 is 0. The first kappa shape index (κ1) is 12.6. The van der Waals surface area contributed by atoms with E-state index in [0.29, 0.717) is 5.75 Å². The maximum absolute atomic E-state index is 9.48. The number of rotatable bonds is 5. The van der Waals surface area contributed by atoms with Crippen LogP contribution < -0.4 is 5.32 Å². The molecule has 0 fully saturated rings. The SMILES string of the molecule is CCNCc1cnc(C)n1Cc1cccc(O)c1. The molecule has 0 radical (unpaired) electrons. The second-order valence-corrected chi connectivity index (χ2v) is 4.33. The largest absolute Gasteiger partial charge is 0.508 e. The van der Waals surface area contributed by atoms with Gasteiger partial charge in [0.25, 0.3) is 0 Å². The summed E-state index contributed by atoms with van der Waals surface area (Å²) in [6.07, 6.45) is 1.90. The van der Waals surface area contributed by atoms with E-state index in [9.17, 15) is 5.11 Å². The molecule has 0 spiro atoms. The van der Waals surface area contributed by atoms with Crippen molar-refractivity contribution in [1.29, 1.82) is 0 Å². The summed E-state index contributed by atoms with van der Waals surface area (Å²) in [5.41, 5.74) is 2.24. The molecular weight excluding hydrogens is 226 g/mol. The standard InChI is InChI=1S/C14H19N3O/c1-3-15-8-13-9-16-11(2)17(13)10-12-5-4-6-14(18)7-12/h4-7,9,15,18H,3,8,10H2,1-2H3. The fourth-order valence-corrected chi connectivity index (χ4v) is 1.96. The molecule has 4 nitrogen and oxygen atoms in total. The number of benzene rings is 1. The van der Waals surface area contributed by atoms with Crippen LogP contribution in [0.3, 0.4) is 0 Å².